The molecule has 0 radical (unpaired) electrons. The van der Waals surface area contributed by atoms with Gasteiger partial charge in [0.05, 0.1) is 7.11 Å². The van der Waals surface area contributed by atoms with E-state index in [2.05, 4.69) is 11.9 Å². The van der Waals surface area contributed by atoms with Crippen LogP contribution in [0.25, 0.3) is 0 Å². The smallest absolute Gasteiger partial charge is 0.160 e. The molecule has 106 valence electrons. The number of ether oxygens (including phenoxy) is 2. The number of phenols is 1. The van der Waals surface area contributed by atoms with E-state index in [9.17, 15) is 5.11 Å². The van der Waals surface area contributed by atoms with E-state index < -0.39 is 0 Å². The predicted octanol–water partition coefficient (Wildman–Crippen LogP) is 2.26. The highest BCUT2D eigenvalue weighted by Gasteiger charge is 2.16. The highest BCUT2D eigenvalue weighted by molar-refractivity contribution is 5.41. The zero-order valence-corrected chi connectivity index (χ0v) is 11.8. The summed E-state index contributed by atoms with van der Waals surface area (Å²) in [5.74, 6) is 1.47. The maximum atomic E-state index is 9.58. The number of phenolic OH excluding ortho intramolecular Hbond substituents is 1. The number of aromatic hydroxyl groups is 1. The number of benzene rings is 1. The molecule has 0 aliphatic carbocycles. The third-order valence-electron chi connectivity index (χ3n) is 3.61. The molecule has 0 spiro atoms. The van der Waals surface area contributed by atoms with E-state index in [1.165, 1.54) is 0 Å². The molecule has 0 saturated carbocycles. The van der Waals surface area contributed by atoms with E-state index in [1.807, 2.05) is 12.1 Å². The highest BCUT2D eigenvalue weighted by Crippen LogP contribution is 2.27. The Hall–Kier alpha value is -1.26. The first-order chi connectivity index (χ1) is 9.19. The molecule has 1 saturated heterocycles. The lowest BCUT2D eigenvalue weighted by atomic mass is 10.00. The molecule has 1 N–H and O–H groups in total. The Labute approximate surface area is 114 Å². The second-order valence-corrected chi connectivity index (χ2v) is 5.26. The molecule has 1 aromatic rings. The van der Waals surface area contributed by atoms with Gasteiger partial charge in [-0.2, -0.15) is 0 Å². The van der Waals surface area contributed by atoms with Crippen molar-refractivity contribution in [1.82, 2.24) is 4.90 Å². The minimum absolute atomic E-state index is 0.193. The zero-order valence-electron chi connectivity index (χ0n) is 11.8. The zero-order chi connectivity index (χ0) is 13.7. The first-order valence-corrected chi connectivity index (χ1v) is 6.81. The molecule has 4 nitrogen and oxygen atoms in total. The van der Waals surface area contributed by atoms with Crippen LogP contribution < -0.4 is 4.74 Å². The Kier molecular flexibility index (Phi) is 5.05. The van der Waals surface area contributed by atoms with Crippen molar-refractivity contribution >= 4 is 0 Å². The lowest BCUT2D eigenvalue weighted by Gasteiger charge is -2.27. The molecule has 1 aliphatic rings. The molecule has 1 aliphatic heterocycles. The maximum Gasteiger partial charge on any atom is 0.160 e. The summed E-state index contributed by atoms with van der Waals surface area (Å²) < 4.78 is 10.5. The Morgan fingerprint density at radius 1 is 1.37 bits per heavy atom. The Balaban J connectivity index is 1.88. The van der Waals surface area contributed by atoms with Crippen LogP contribution in [0.2, 0.25) is 0 Å². The quantitative estimate of drug-likeness (QED) is 0.886. The van der Waals surface area contributed by atoms with Crippen molar-refractivity contribution in [2.45, 2.75) is 19.4 Å². The van der Waals surface area contributed by atoms with Gasteiger partial charge >= 0.3 is 0 Å². The first-order valence-electron chi connectivity index (χ1n) is 6.81. The number of methoxy groups -OCH3 is 1. The van der Waals surface area contributed by atoms with Crippen LogP contribution in [0.15, 0.2) is 18.2 Å². The Morgan fingerprint density at radius 2 is 2.11 bits per heavy atom. The Morgan fingerprint density at radius 3 is 2.79 bits per heavy atom. The number of hydrogen-bond donors (Lipinski definition) is 1. The molecule has 0 unspecified atom stereocenters. The first kappa shape index (κ1) is 14.2. The van der Waals surface area contributed by atoms with Gasteiger partial charge < -0.3 is 19.5 Å². The normalized spacial score (nSPS) is 16.8. The lowest BCUT2D eigenvalue weighted by Crippen LogP contribution is -2.29. The van der Waals surface area contributed by atoms with E-state index in [0.717, 1.165) is 50.6 Å². The highest BCUT2D eigenvalue weighted by atomic mass is 16.5. The van der Waals surface area contributed by atoms with Gasteiger partial charge in [-0.25, -0.2) is 0 Å². The van der Waals surface area contributed by atoms with Gasteiger partial charge in [-0.3, -0.25) is 0 Å². The summed E-state index contributed by atoms with van der Waals surface area (Å²) in [5, 5.41) is 9.58. The third-order valence-corrected chi connectivity index (χ3v) is 3.61. The van der Waals surface area contributed by atoms with E-state index >= 15 is 0 Å². The van der Waals surface area contributed by atoms with Gasteiger partial charge in [-0.1, -0.05) is 6.07 Å². The Bertz CT molecular complexity index is 402. The fraction of sp³-hybridized carbons (Fsp3) is 0.600. The van der Waals surface area contributed by atoms with Crippen molar-refractivity contribution in [3.05, 3.63) is 23.8 Å². The van der Waals surface area contributed by atoms with Gasteiger partial charge in [0.2, 0.25) is 0 Å². The van der Waals surface area contributed by atoms with Crippen LogP contribution in [-0.2, 0) is 11.3 Å². The largest absolute Gasteiger partial charge is 0.504 e. The van der Waals surface area contributed by atoms with Crippen LogP contribution in [0.1, 0.15) is 18.4 Å². The third kappa shape index (κ3) is 4.11. The molecule has 1 heterocycles. The SMILES string of the molecule is COc1cc(CN(C)CC2CCOCC2)ccc1O. The summed E-state index contributed by atoms with van der Waals surface area (Å²) in [6.07, 6.45) is 2.31. The van der Waals surface area contributed by atoms with Gasteiger partial charge in [0.15, 0.2) is 11.5 Å². The van der Waals surface area contributed by atoms with Crippen molar-refractivity contribution in [3.8, 4) is 11.5 Å². The molecule has 1 fully saturated rings. The summed E-state index contributed by atoms with van der Waals surface area (Å²) in [6.45, 7) is 3.75. The average molecular weight is 265 g/mol. The summed E-state index contributed by atoms with van der Waals surface area (Å²) in [6, 6.07) is 5.53. The van der Waals surface area contributed by atoms with Crippen LogP contribution in [0.5, 0.6) is 11.5 Å². The molecule has 0 aromatic heterocycles. The minimum Gasteiger partial charge on any atom is -0.504 e. The molecule has 0 amide bonds. The molecular formula is C15H23NO3. The van der Waals surface area contributed by atoms with E-state index in [-0.39, 0.29) is 5.75 Å². The molecule has 4 heteroatoms. The monoisotopic (exact) mass is 265 g/mol. The van der Waals surface area contributed by atoms with Crippen LogP contribution in [0, 0.1) is 5.92 Å². The van der Waals surface area contributed by atoms with Crippen LogP contribution in [-0.4, -0.2) is 43.9 Å². The maximum absolute atomic E-state index is 9.58. The van der Waals surface area contributed by atoms with Crippen molar-refractivity contribution < 1.29 is 14.6 Å². The summed E-state index contributed by atoms with van der Waals surface area (Å²) in [4.78, 5) is 2.32. The second-order valence-electron chi connectivity index (χ2n) is 5.26. The van der Waals surface area contributed by atoms with E-state index in [4.69, 9.17) is 9.47 Å². The molecular weight excluding hydrogens is 242 g/mol. The van der Waals surface area contributed by atoms with Crippen molar-refractivity contribution in [2.24, 2.45) is 5.92 Å². The van der Waals surface area contributed by atoms with Gasteiger partial charge in [0, 0.05) is 26.3 Å². The molecule has 1 aromatic carbocycles. The van der Waals surface area contributed by atoms with Gasteiger partial charge in [0.1, 0.15) is 0 Å². The molecule has 0 atom stereocenters. The van der Waals surface area contributed by atoms with Gasteiger partial charge in [-0.05, 0) is 43.5 Å². The lowest BCUT2D eigenvalue weighted by molar-refractivity contribution is 0.0549. The molecule has 0 bridgehead atoms. The van der Waals surface area contributed by atoms with Crippen LogP contribution >= 0.6 is 0 Å². The fourth-order valence-electron chi connectivity index (χ4n) is 2.57. The molecule has 19 heavy (non-hydrogen) atoms. The fourth-order valence-corrected chi connectivity index (χ4v) is 2.57. The average Bonchev–Trinajstić information content (AvgIpc) is 2.42. The minimum atomic E-state index is 0.193. The van der Waals surface area contributed by atoms with Gasteiger partial charge in [-0.15, -0.1) is 0 Å². The van der Waals surface area contributed by atoms with Gasteiger partial charge in [0.25, 0.3) is 0 Å². The second kappa shape index (κ2) is 6.78. The summed E-state index contributed by atoms with van der Waals surface area (Å²) in [5.41, 5.74) is 1.16. The summed E-state index contributed by atoms with van der Waals surface area (Å²) >= 11 is 0. The number of rotatable bonds is 5. The van der Waals surface area contributed by atoms with Crippen molar-refractivity contribution in [2.75, 3.05) is 33.9 Å². The molecule has 2 rings (SSSR count). The number of hydrogen-bond acceptors (Lipinski definition) is 4. The number of nitrogens with zero attached hydrogens (tertiary/aromatic N) is 1. The standard InChI is InChI=1S/C15H23NO3/c1-16(10-12-5-7-19-8-6-12)11-13-3-4-14(17)15(9-13)18-2/h3-4,9,12,17H,5-8,10-11H2,1-2H3. The topological polar surface area (TPSA) is 41.9 Å². The van der Waals surface area contributed by atoms with Crippen LogP contribution in [0.3, 0.4) is 0 Å². The van der Waals surface area contributed by atoms with Crippen molar-refractivity contribution in [1.29, 1.82) is 0 Å². The van der Waals surface area contributed by atoms with E-state index in [1.54, 1.807) is 13.2 Å². The van der Waals surface area contributed by atoms with E-state index in [0.29, 0.717) is 5.75 Å². The van der Waals surface area contributed by atoms with Crippen LogP contribution in [0.4, 0.5) is 0 Å². The predicted molar refractivity (Wildman–Crippen MR) is 74.5 cm³/mol. The summed E-state index contributed by atoms with van der Waals surface area (Å²) in [7, 11) is 3.71. The van der Waals surface area contributed by atoms with Crippen molar-refractivity contribution in [3.63, 3.8) is 0 Å².